The number of benzene rings is 2. The number of methoxy groups -OCH3 is 1. The molecule has 0 spiro atoms. The van der Waals surface area contributed by atoms with Crippen LogP contribution in [-0.4, -0.2) is 41.0 Å². The van der Waals surface area contributed by atoms with E-state index < -0.39 is 16.1 Å². The third-order valence-electron chi connectivity index (χ3n) is 5.34. The van der Waals surface area contributed by atoms with E-state index in [0.717, 1.165) is 12.0 Å². The number of imidazole rings is 1. The van der Waals surface area contributed by atoms with Crippen molar-refractivity contribution in [2.75, 3.05) is 13.7 Å². The van der Waals surface area contributed by atoms with Crippen molar-refractivity contribution in [2.45, 2.75) is 44.0 Å². The van der Waals surface area contributed by atoms with Crippen molar-refractivity contribution in [3.8, 4) is 5.75 Å². The standard InChI is InChI=1S/C23H29N3O4S/c1-4-18(2)25-16-23(24-17-25)31(28,29)26(14-19-9-6-5-7-10-19)15-22(27)20-11-8-12-21(13-20)30-3/h5-13,16-18,22,27H,4,14-15H2,1-3H3/t18-,22-/m1/s1. The van der Waals surface area contributed by atoms with E-state index in [-0.39, 0.29) is 24.2 Å². The zero-order valence-corrected chi connectivity index (χ0v) is 18.9. The van der Waals surface area contributed by atoms with E-state index in [1.165, 1.54) is 4.31 Å². The van der Waals surface area contributed by atoms with E-state index in [9.17, 15) is 13.5 Å². The second-order valence-electron chi connectivity index (χ2n) is 7.49. The number of nitrogens with zero attached hydrogens (tertiary/aromatic N) is 3. The predicted octanol–water partition coefficient (Wildman–Crippen LogP) is 3.79. The topological polar surface area (TPSA) is 84.7 Å². The molecule has 0 bridgehead atoms. The van der Waals surface area contributed by atoms with Gasteiger partial charge in [-0.2, -0.15) is 4.31 Å². The lowest BCUT2D eigenvalue weighted by Gasteiger charge is -2.24. The molecule has 2 atom stereocenters. The Labute approximate surface area is 184 Å². The van der Waals surface area contributed by atoms with Crippen LogP contribution in [-0.2, 0) is 16.6 Å². The molecule has 2 aromatic carbocycles. The molecule has 31 heavy (non-hydrogen) atoms. The van der Waals surface area contributed by atoms with Crippen molar-refractivity contribution in [1.82, 2.24) is 13.9 Å². The summed E-state index contributed by atoms with van der Waals surface area (Å²) in [5, 5.41) is 10.8. The molecule has 0 aliphatic rings. The second kappa shape index (κ2) is 10.1. The lowest BCUT2D eigenvalue weighted by molar-refractivity contribution is 0.145. The number of aliphatic hydroxyl groups is 1. The second-order valence-corrected chi connectivity index (χ2v) is 9.38. The predicted molar refractivity (Wildman–Crippen MR) is 119 cm³/mol. The first-order valence-electron chi connectivity index (χ1n) is 10.2. The number of aliphatic hydroxyl groups excluding tert-OH is 1. The first-order valence-corrected chi connectivity index (χ1v) is 11.7. The molecule has 0 fully saturated rings. The van der Waals surface area contributed by atoms with Crippen LogP contribution in [0.1, 0.15) is 43.5 Å². The van der Waals surface area contributed by atoms with E-state index in [2.05, 4.69) is 4.98 Å². The fraction of sp³-hybridized carbons (Fsp3) is 0.348. The van der Waals surface area contributed by atoms with Crippen molar-refractivity contribution < 1.29 is 18.3 Å². The Morgan fingerprint density at radius 3 is 2.58 bits per heavy atom. The molecule has 3 aromatic rings. The number of sulfonamides is 1. The molecule has 0 amide bonds. The van der Waals surface area contributed by atoms with Crippen LogP contribution in [0.4, 0.5) is 0 Å². The highest BCUT2D eigenvalue weighted by molar-refractivity contribution is 7.89. The molecule has 3 rings (SSSR count). The molecule has 0 saturated carbocycles. The third kappa shape index (κ3) is 5.52. The van der Waals surface area contributed by atoms with Gasteiger partial charge >= 0.3 is 0 Å². The molecule has 8 heteroatoms. The van der Waals surface area contributed by atoms with Gasteiger partial charge < -0.3 is 14.4 Å². The Hall–Kier alpha value is -2.68. The number of rotatable bonds is 10. The molecule has 1 heterocycles. The molecule has 0 saturated heterocycles. The smallest absolute Gasteiger partial charge is 0.262 e. The maximum Gasteiger partial charge on any atom is 0.262 e. The molecule has 1 aromatic heterocycles. The Morgan fingerprint density at radius 1 is 1.16 bits per heavy atom. The van der Waals surface area contributed by atoms with Crippen molar-refractivity contribution in [2.24, 2.45) is 0 Å². The molecular weight excluding hydrogens is 414 g/mol. The monoisotopic (exact) mass is 443 g/mol. The molecule has 1 N–H and O–H groups in total. The highest BCUT2D eigenvalue weighted by atomic mass is 32.2. The van der Waals surface area contributed by atoms with Crippen molar-refractivity contribution >= 4 is 10.0 Å². The number of aromatic nitrogens is 2. The highest BCUT2D eigenvalue weighted by Crippen LogP contribution is 2.25. The summed E-state index contributed by atoms with van der Waals surface area (Å²) in [6, 6.07) is 16.4. The number of ether oxygens (including phenoxy) is 1. The zero-order valence-electron chi connectivity index (χ0n) is 18.0. The SMILES string of the molecule is CC[C@@H](C)n1cnc(S(=O)(=O)N(Cc2ccccc2)C[C@@H](O)c2cccc(OC)c2)c1. The summed E-state index contributed by atoms with van der Waals surface area (Å²) >= 11 is 0. The van der Waals surface area contributed by atoms with Gasteiger partial charge in [-0.1, -0.05) is 49.4 Å². The minimum Gasteiger partial charge on any atom is -0.497 e. The first-order chi connectivity index (χ1) is 14.8. The van der Waals surface area contributed by atoms with Gasteiger partial charge in [0.2, 0.25) is 0 Å². The van der Waals surface area contributed by atoms with E-state index >= 15 is 0 Å². The molecule has 0 radical (unpaired) electrons. The summed E-state index contributed by atoms with van der Waals surface area (Å²) in [6.45, 7) is 4.05. The molecule has 7 nitrogen and oxygen atoms in total. The van der Waals surface area contributed by atoms with Gasteiger partial charge in [0.15, 0.2) is 5.03 Å². The maximum atomic E-state index is 13.5. The Kier molecular flexibility index (Phi) is 7.48. The summed E-state index contributed by atoms with van der Waals surface area (Å²) in [5.41, 5.74) is 1.41. The summed E-state index contributed by atoms with van der Waals surface area (Å²) in [4.78, 5) is 4.16. The summed E-state index contributed by atoms with van der Waals surface area (Å²) in [5.74, 6) is 0.598. The minimum absolute atomic E-state index is 0.0263. The van der Waals surface area contributed by atoms with Crippen LogP contribution in [0.15, 0.2) is 72.1 Å². The Balaban J connectivity index is 1.92. The quantitative estimate of drug-likeness (QED) is 0.515. The minimum atomic E-state index is -3.93. The molecular formula is C23H29N3O4S. The fourth-order valence-corrected chi connectivity index (χ4v) is 4.57. The summed E-state index contributed by atoms with van der Waals surface area (Å²) < 4.78 is 35.2. The van der Waals surface area contributed by atoms with E-state index in [1.54, 1.807) is 48.5 Å². The van der Waals surface area contributed by atoms with Gasteiger partial charge in [0.05, 0.1) is 19.5 Å². The van der Waals surface area contributed by atoms with Crippen LogP contribution in [0, 0.1) is 0 Å². The normalized spacial score (nSPS) is 13.8. The van der Waals surface area contributed by atoms with Gasteiger partial charge in [0.25, 0.3) is 10.0 Å². The average Bonchev–Trinajstić information content (AvgIpc) is 3.30. The largest absolute Gasteiger partial charge is 0.497 e. The van der Waals surface area contributed by atoms with Crippen LogP contribution in [0.5, 0.6) is 5.75 Å². The van der Waals surface area contributed by atoms with Gasteiger partial charge in [-0.15, -0.1) is 0 Å². The lowest BCUT2D eigenvalue weighted by Crippen LogP contribution is -2.34. The first kappa shape index (κ1) is 23.0. The van der Waals surface area contributed by atoms with Crippen LogP contribution in [0.25, 0.3) is 0 Å². The average molecular weight is 444 g/mol. The molecule has 0 aliphatic heterocycles. The Bertz CT molecular complexity index is 1080. The summed E-state index contributed by atoms with van der Waals surface area (Å²) in [6.07, 6.45) is 2.93. The van der Waals surface area contributed by atoms with Crippen molar-refractivity contribution in [3.63, 3.8) is 0 Å². The maximum absolute atomic E-state index is 13.5. The van der Waals surface area contributed by atoms with Crippen LogP contribution >= 0.6 is 0 Å². The third-order valence-corrected chi connectivity index (χ3v) is 7.04. The van der Waals surface area contributed by atoms with Gasteiger partial charge in [-0.05, 0) is 36.6 Å². The van der Waals surface area contributed by atoms with Crippen LogP contribution in [0.2, 0.25) is 0 Å². The Morgan fingerprint density at radius 2 is 1.90 bits per heavy atom. The lowest BCUT2D eigenvalue weighted by atomic mass is 10.1. The molecule has 0 unspecified atom stereocenters. The van der Waals surface area contributed by atoms with E-state index in [4.69, 9.17) is 4.74 Å². The van der Waals surface area contributed by atoms with E-state index in [1.807, 2.05) is 44.2 Å². The van der Waals surface area contributed by atoms with Crippen molar-refractivity contribution in [3.05, 3.63) is 78.2 Å². The summed E-state index contributed by atoms with van der Waals surface area (Å²) in [7, 11) is -2.38. The van der Waals surface area contributed by atoms with Gasteiger partial charge in [-0.25, -0.2) is 13.4 Å². The number of hydrogen-bond acceptors (Lipinski definition) is 5. The van der Waals surface area contributed by atoms with Crippen LogP contribution < -0.4 is 4.74 Å². The van der Waals surface area contributed by atoms with Gasteiger partial charge in [0.1, 0.15) is 5.75 Å². The zero-order chi connectivity index (χ0) is 22.4. The highest BCUT2D eigenvalue weighted by Gasteiger charge is 2.30. The van der Waals surface area contributed by atoms with Crippen molar-refractivity contribution in [1.29, 1.82) is 0 Å². The van der Waals surface area contributed by atoms with Gasteiger partial charge in [-0.3, -0.25) is 0 Å². The molecule has 166 valence electrons. The number of hydrogen-bond donors (Lipinski definition) is 1. The fourth-order valence-electron chi connectivity index (χ4n) is 3.22. The van der Waals surface area contributed by atoms with Gasteiger partial charge in [0, 0.05) is 25.3 Å². The molecule has 0 aliphatic carbocycles. The van der Waals surface area contributed by atoms with E-state index in [0.29, 0.717) is 11.3 Å². The van der Waals surface area contributed by atoms with Crippen LogP contribution in [0.3, 0.4) is 0 Å².